The van der Waals surface area contributed by atoms with Crippen LogP contribution in [0, 0.1) is 0 Å². The van der Waals surface area contributed by atoms with Gasteiger partial charge >= 0.3 is 0 Å². The molecule has 1 fully saturated rings. The van der Waals surface area contributed by atoms with Crippen molar-refractivity contribution in [2.75, 3.05) is 18.6 Å². The molecule has 0 aliphatic carbocycles. The summed E-state index contributed by atoms with van der Waals surface area (Å²) in [5, 5.41) is 9.35. The molecule has 1 amide bonds. The Morgan fingerprint density at radius 2 is 2.35 bits per heavy atom. The predicted molar refractivity (Wildman–Crippen MR) is 70.9 cm³/mol. The van der Waals surface area contributed by atoms with Crippen LogP contribution in [0.15, 0.2) is 4.52 Å². The van der Waals surface area contributed by atoms with Crippen LogP contribution in [0.2, 0.25) is 0 Å². The lowest BCUT2D eigenvalue weighted by Gasteiger charge is -2.10. The number of nitrogens with one attached hydrogen (secondary N) is 2. The maximum absolute atomic E-state index is 11.9. The Labute approximate surface area is 117 Å². The highest BCUT2D eigenvalue weighted by Gasteiger charge is 2.25. The van der Waals surface area contributed by atoms with Gasteiger partial charge in [0.15, 0.2) is 0 Å². The van der Waals surface area contributed by atoms with Gasteiger partial charge in [-0.05, 0) is 26.3 Å². The zero-order chi connectivity index (χ0) is 14.8. The molecule has 2 unspecified atom stereocenters. The van der Waals surface area contributed by atoms with E-state index in [0.29, 0.717) is 5.89 Å². The van der Waals surface area contributed by atoms with Crippen LogP contribution in [0.4, 0.5) is 0 Å². The number of hydrogen-bond acceptors (Lipinski definition) is 7. The largest absolute Gasteiger partial charge is 0.346 e. The quantitative estimate of drug-likeness (QED) is 0.764. The molecule has 0 saturated carbocycles. The average molecular weight is 302 g/mol. The number of sulfone groups is 1. The average Bonchev–Trinajstić information content (AvgIpc) is 2.97. The molecule has 2 N–H and O–H groups in total. The molecule has 0 radical (unpaired) electrons. The smallest absolute Gasteiger partial charge is 0.292 e. The molecule has 20 heavy (non-hydrogen) atoms. The molecule has 0 aromatic carbocycles. The van der Waals surface area contributed by atoms with Crippen molar-refractivity contribution >= 4 is 15.7 Å². The molecule has 2 heterocycles. The van der Waals surface area contributed by atoms with Crippen LogP contribution in [0.5, 0.6) is 0 Å². The van der Waals surface area contributed by atoms with Crippen molar-refractivity contribution in [1.82, 2.24) is 20.8 Å². The number of aromatic nitrogens is 2. The van der Waals surface area contributed by atoms with Gasteiger partial charge in [0.1, 0.15) is 9.84 Å². The zero-order valence-electron chi connectivity index (χ0n) is 11.4. The summed E-state index contributed by atoms with van der Waals surface area (Å²) >= 11 is 0. The van der Waals surface area contributed by atoms with E-state index in [9.17, 15) is 13.2 Å². The van der Waals surface area contributed by atoms with E-state index in [1.165, 1.54) is 0 Å². The van der Waals surface area contributed by atoms with Gasteiger partial charge in [-0.2, -0.15) is 4.98 Å². The number of rotatable bonds is 5. The van der Waals surface area contributed by atoms with E-state index in [4.69, 9.17) is 4.52 Å². The molecule has 112 valence electrons. The minimum Gasteiger partial charge on any atom is -0.346 e. The van der Waals surface area contributed by atoms with Crippen LogP contribution >= 0.6 is 0 Å². The molecular formula is C11H18N4O4S. The summed E-state index contributed by atoms with van der Waals surface area (Å²) in [6.45, 7) is 2.50. The number of amides is 1. The van der Waals surface area contributed by atoms with Gasteiger partial charge < -0.3 is 15.2 Å². The summed E-state index contributed by atoms with van der Waals surface area (Å²) in [5.41, 5.74) is 0. The third kappa shape index (κ3) is 4.01. The van der Waals surface area contributed by atoms with E-state index < -0.39 is 21.8 Å². The Morgan fingerprint density at radius 1 is 1.60 bits per heavy atom. The van der Waals surface area contributed by atoms with Crippen LogP contribution in [-0.2, 0) is 9.84 Å². The maximum Gasteiger partial charge on any atom is 0.292 e. The van der Waals surface area contributed by atoms with Crippen molar-refractivity contribution in [3.05, 3.63) is 11.7 Å². The summed E-state index contributed by atoms with van der Waals surface area (Å²) in [4.78, 5) is 15.9. The van der Waals surface area contributed by atoms with Gasteiger partial charge in [0.05, 0.1) is 11.8 Å². The van der Waals surface area contributed by atoms with Crippen LogP contribution in [0.25, 0.3) is 0 Å². The molecule has 1 aromatic rings. The zero-order valence-corrected chi connectivity index (χ0v) is 12.2. The molecule has 1 saturated heterocycles. The van der Waals surface area contributed by atoms with Crippen molar-refractivity contribution in [1.29, 1.82) is 0 Å². The fourth-order valence-corrected chi connectivity index (χ4v) is 3.14. The maximum atomic E-state index is 11.9. The van der Waals surface area contributed by atoms with E-state index in [1.54, 1.807) is 6.92 Å². The molecule has 2 atom stereocenters. The first kappa shape index (κ1) is 14.9. The highest BCUT2D eigenvalue weighted by Crippen LogP contribution is 2.20. The molecular weight excluding hydrogens is 284 g/mol. The second-order valence-corrected chi connectivity index (χ2v) is 7.26. The number of nitrogens with zero attached hydrogens (tertiary/aromatic N) is 2. The van der Waals surface area contributed by atoms with Gasteiger partial charge in [0.25, 0.3) is 11.7 Å². The fourth-order valence-electron chi connectivity index (χ4n) is 2.15. The molecule has 0 bridgehead atoms. The van der Waals surface area contributed by atoms with E-state index in [-0.39, 0.29) is 17.6 Å². The minimum absolute atomic E-state index is 0.00232. The first-order valence-electron chi connectivity index (χ1n) is 6.41. The Hall–Kier alpha value is -1.48. The van der Waals surface area contributed by atoms with Crippen LogP contribution in [0.1, 0.15) is 42.3 Å². The lowest BCUT2D eigenvalue weighted by Crippen LogP contribution is -2.37. The summed E-state index contributed by atoms with van der Waals surface area (Å²) in [5.74, 6) is -0.347. The lowest BCUT2D eigenvalue weighted by molar-refractivity contribution is 0.0930. The molecule has 1 aliphatic rings. The Morgan fingerprint density at radius 3 is 2.95 bits per heavy atom. The van der Waals surface area contributed by atoms with E-state index in [2.05, 4.69) is 20.8 Å². The van der Waals surface area contributed by atoms with Gasteiger partial charge in [0.2, 0.25) is 5.89 Å². The molecule has 0 spiro atoms. The van der Waals surface area contributed by atoms with Gasteiger partial charge in [0, 0.05) is 12.3 Å². The van der Waals surface area contributed by atoms with E-state index >= 15 is 0 Å². The van der Waals surface area contributed by atoms with Crippen molar-refractivity contribution in [2.24, 2.45) is 0 Å². The summed E-state index contributed by atoms with van der Waals surface area (Å²) in [7, 11) is -3.15. The van der Waals surface area contributed by atoms with Gasteiger partial charge in [-0.3, -0.25) is 4.79 Å². The molecule has 1 aliphatic heterocycles. The fraction of sp³-hybridized carbons (Fsp3) is 0.727. The van der Waals surface area contributed by atoms with Gasteiger partial charge in [-0.25, -0.2) is 8.42 Å². The number of carbonyl (C=O) groups excluding carboxylic acids is 1. The SMILES string of the molecule is CC(CS(C)(=O)=O)NC(=O)c1noc(C2CCCN2)n1. The van der Waals surface area contributed by atoms with E-state index in [1.807, 2.05) is 0 Å². The molecule has 1 aromatic heterocycles. The van der Waals surface area contributed by atoms with Crippen molar-refractivity contribution in [3.63, 3.8) is 0 Å². The molecule has 8 nitrogen and oxygen atoms in total. The lowest BCUT2D eigenvalue weighted by atomic mass is 10.2. The van der Waals surface area contributed by atoms with E-state index in [0.717, 1.165) is 25.6 Å². The van der Waals surface area contributed by atoms with Crippen molar-refractivity contribution in [3.8, 4) is 0 Å². The van der Waals surface area contributed by atoms with Crippen LogP contribution in [-0.4, -0.2) is 49.1 Å². The van der Waals surface area contributed by atoms with Gasteiger partial charge in [-0.15, -0.1) is 0 Å². The standard InChI is InChI=1S/C11H18N4O4S/c1-7(6-20(2,17)18)13-10(16)9-14-11(19-15-9)8-4-3-5-12-8/h7-8,12H,3-6H2,1-2H3,(H,13,16). The normalized spacial score (nSPS) is 20.8. The molecule has 2 rings (SSSR count). The second kappa shape index (κ2) is 5.88. The first-order valence-corrected chi connectivity index (χ1v) is 8.47. The Balaban J connectivity index is 1.95. The topological polar surface area (TPSA) is 114 Å². The first-order chi connectivity index (χ1) is 9.35. The third-order valence-electron chi connectivity index (χ3n) is 2.93. The van der Waals surface area contributed by atoms with Gasteiger partial charge in [-0.1, -0.05) is 5.16 Å². The van der Waals surface area contributed by atoms with Crippen molar-refractivity contribution in [2.45, 2.75) is 31.8 Å². The second-order valence-electron chi connectivity index (χ2n) is 5.07. The highest BCUT2D eigenvalue weighted by atomic mass is 32.2. The van der Waals surface area contributed by atoms with Crippen molar-refractivity contribution < 1.29 is 17.7 Å². The van der Waals surface area contributed by atoms with Crippen LogP contribution < -0.4 is 10.6 Å². The number of hydrogen-bond donors (Lipinski definition) is 2. The highest BCUT2D eigenvalue weighted by molar-refractivity contribution is 7.90. The third-order valence-corrected chi connectivity index (χ3v) is 4.04. The monoisotopic (exact) mass is 302 g/mol. The van der Waals surface area contributed by atoms with Crippen LogP contribution in [0.3, 0.4) is 0 Å². The Bertz CT molecular complexity index is 577. The predicted octanol–water partition coefficient (Wildman–Crippen LogP) is -0.343. The minimum atomic E-state index is -3.15. The summed E-state index contributed by atoms with van der Waals surface area (Å²) in [6, 6.07) is -0.512. The molecule has 9 heteroatoms. The summed E-state index contributed by atoms with van der Waals surface area (Å²) in [6.07, 6.45) is 3.04. The summed E-state index contributed by atoms with van der Waals surface area (Å²) < 4.78 is 27.3. The number of carbonyl (C=O) groups is 1. The Kier molecular flexibility index (Phi) is 4.39.